The number of nitrogens with zero attached hydrogens (tertiary/aromatic N) is 3. The van der Waals surface area contributed by atoms with Crippen molar-refractivity contribution in [2.75, 3.05) is 11.5 Å². The minimum atomic E-state index is -0.649. The third-order valence-corrected chi connectivity index (χ3v) is 5.40. The maximum atomic E-state index is 13.0. The highest BCUT2D eigenvalue weighted by Crippen LogP contribution is 2.36. The van der Waals surface area contributed by atoms with Gasteiger partial charge in [0.05, 0.1) is 11.6 Å². The van der Waals surface area contributed by atoms with Crippen LogP contribution in [-0.2, 0) is 6.42 Å². The molecular formula is C24H34FN5O. The van der Waals surface area contributed by atoms with Gasteiger partial charge in [0, 0.05) is 11.7 Å². The normalized spacial score (nSPS) is 13.6. The highest BCUT2D eigenvalue weighted by molar-refractivity contribution is 5.85. The minimum Gasteiger partial charge on any atom is -0.381 e. The van der Waals surface area contributed by atoms with Crippen LogP contribution < -0.4 is 17.0 Å². The van der Waals surface area contributed by atoms with Gasteiger partial charge in [-0.3, -0.25) is 4.79 Å². The van der Waals surface area contributed by atoms with Crippen LogP contribution in [0.5, 0.6) is 0 Å². The van der Waals surface area contributed by atoms with Crippen LogP contribution >= 0.6 is 0 Å². The maximum absolute atomic E-state index is 13.0. The molecule has 0 amide bonds. The quantitative estimate of drug-likeness (QED) is 0.595. The Morgan fingerprint density at radius 1 is 1.23 bits per heavy atom. The fourth-order valence-corrected chi connectivity index (χ4v) is 3.49. The predicted molar refractivity (Wildman–Crippen MR) is 127 cm³/mol. The Morgan fingerprint density at radius 3 is 2.42 bits per heavy atom. The van der Waals surface area contributed by atoms with E-state index in [-0.39, 0.29) is 17.3 Å². The molecule has 1 atom stereocenters. The molecule has 0 bridgehead atoms. The van der Waals surface area contributed by atoms with Crippen molar-refractivity contribution in [3.8, 4) is 0 Å². The van der Waals surface area contributed by atoms with E-state index in [0.717, 1.165) is 42.7 Å². The Kier molecular flexibility index (Phi) is 8.54. The minimum absolute atomic E-state index is 0.0195. The van der Waals surface area contributed by atoms with E-state index in [1.165, 1.54) is 11.3 Å². The Hall–Kier alpha value is -2.96. The SMILES string of the molecule is CC.CCc1cc2cccc(C(C)CC)c2c(=O)n1C1CC1.Nc1ncc(F)c(N)n1. The summed E-state index contributed by atoms with van der Waals surface area (Å²) in [5.41, 5.74) is 12.7. The van der Waals surface area contributed by atoms with Gasteiger partial charge in [0.25, 0.3) is 5.56 Å². The van der Waals surface area contributed by atoms with Crippen molar-refractivity contribution >= 4 is 22.5 Å². The number of hydrogen-bond acceptors (Lipinski definition) is 5. The summed E-state index contributed by atoms with van der Waals surface area (Å²) in [5, 5.41) is 2.06. The average molecular weight is 428 g/mol. The van der Waals surface area contributed by atoms with Gasteiger partial charge in [-0.1, -0.05) is 52.8 Å². The maximum Gasteiger partial charge on any atom is 0.259 e. The number of halogens is 1. The van der Waals surface area contributed by atoms with Gasteiger partial charge in [0.1, 0.15) is 0 Å². The van der Waals surface area contributed by atoms with Crippen LogP contribution in [0.1, 0.15) is 77.1 Å². The smallest absolute Gasteiger partial charge is 0.259 e. The van der Waals surface area contributed by atoms with Gasteiger partial charge in [-0.25, -0.2) is 9.37 Å². The molecule has 0 radical (unpaired) electrons. The first-order chi connectivity index (χ1) is 14.9. The summed E-state index contributed by atoms with van der Waals surface area (Å²) in [6, 6.07) is 8.97. The van der Waals surface area contributed by atoms with Gasteiger partial charge in [0.2, 0.25) is 5.95 Å². The van der Waals surface area contributed by atoms with Gasteiger partial charge in [-0.15, -0.1) is 0 Å². The van der Waals surface area contributed by atoms with E-state index in [9.17, 15) is 9.18 Å². The summed E-state index contributed by atoms with van der Waals surface area (Å²) in [5.74, 6) is -0.452. The molecule has 4 N–H and O–H groups in total. The van der Waals surface area contributed by atoms with E-state index in [1.807, 2.05) is 13.8 Å². The number of rotatable bonds is 4. The summed E-state index contributed by atoms with van der Waals surface area (Å²) in [7, 11) is 0. The lowest BCUT2D eigenvalue weighted by molar-refractivity contribution is 0.620. The van der Waals surface area contributed by atoms with Crippen molar-refractivity contribution in [3.05, 3.63) is 57.9 Å². The highest BCUT2D eigenvalue weighted by atomic mass is 19.1. The van der Waals surface area contributed by atoms with E-state index in [4.69, 9.17) is 11.5 Å². The average Bonchev–Trinajstić information content (AvgIpc) is 3.62. The third-order valence-electron chi connectivity index (χ3n) is 5.40. The fourth-order valence-electron chi connectivity index (χ4n) is 3.49. The zero-order valence-electron chi connectivity index (χ0n) is 19.2. The third kappa shape index (κ3) is 5.60. The molecule has 1 fully saturated rings. The fraction of sp³-hybridized carbons (Fsp3) is 0.458. The van der Waals surface area contributed by atoms with Gasteiger partial charge >= 0.3 is 0 Å². The molecule has 2 heterocycles. The number of aryl methyl sites for hydroxylation is 1. The topological polar surface area (TPSA) is 99.8 Å². The first kappa shape index (κ1) is 24.3. The van der Waals surface area contributed by atoms with Crippen molar-refractivity contribution in [3.63, 3.8) is 0 Å². The van der Waals surface area contributed by atoms with Crippen molar-refractivity contribution in [2.45, 2.75) is 72.3 Å². The Bertz CT molecular complexity index is 1080. The molecule has 0 saturated heterocycles. The van der Waals surface area contributed by atoms with Crippen LogP contribution in [0.2, 0.25) is 0 Å². The molecule has 31 heavy (non-hydrogen) atoms. The number of pyridine rings is 1. The molecule has 1 aliphatic rings. The molecule has 3 aromatic rings. The summed E-state index contributed by atoms with van der Waals surface area (Å²) >= 11 is 0. The first-order valence-corrected chi connectivity index (χ1v) is 11.1. The first-order valence-electron chi connectivity index (χ1n) is 11.1. The molecule has 0 spiro atoms. The highest BCUT2D eigenvalue weighted by Gasteiger charge is 2.27. The molecule has 1 unspecified atom stereocenters. The summed E-state index contributed by atoms with van der Waals surface area (Å²) < 4.78 is 14.3. The van der Waals surface area contributed by atoms with Gasteiger partial charge in [-0.2, -0.15) is 4.98 Å². The van der Waals surface area contributed by atoms with Crippen LogP contribution in [-0.4, -0.2) is 14.5 Å². The molecule has 168 valence electrons. The number of nitrogens with two attached hydrogens (primary N) is 2. The van der Waals surface area contributed by atoms with E-state index in [0.29, 0.717) is 12.0 Å². The standard InChI is InChI=1S/C18H23NO.C4H5FN4.C2H6/c1-4-12(3)16-8-6-7-13-11-14(5-2)19(15-9-10-15)18(20)17(13)16;5-2-1-8-4(7)9-3(2)6;1-2/h6-8,11-12,15H,4-5,9-10H2,1-3H3;1H,(H4,6,7,8,9);1-2H3. The van der Waals surface area contributed by atoms with Crippen LogP contribution in [0.15, 0.2) is 35.3 Å². The van der Waals surface area contributed by atoms with Gasteiger partial charge < -0.3 is 16.0 Å². The Labute approximate surface area is 183 Å². The second-order valence-corrected chi connectivity index (χ2v) is 7.48. The zero-order chi connectivity index (χ0) is 23.1. The lowest BCUT2D eigenvalue weighted by atomic mass is 9.93. The van der Waals surface area contributed by atoms with Crippen LogP contribution in [0.4, 0.5) is 16.2 Å². The molecular weight excluding hydrogens is 393 g/mol. The summed E-state index contributed by atoms with van der Waals surface area (Å²) in [6.07, 6.45) is 5.23. The number of anilines is 2. The van der Waals surface area contributed by atoms with E-state index in [2.05, 4.69) is 59.6 Å². The summed E-state index contributed by atoms with van der Waals surface area (Å²) in [6.45, 7) is 10.5. The van der Waals surface area contributed by atoms with Crippen molar-refractivity contribution in [1.29, 1.82) is 0 Å². The van der Waals surface area contributed by atoms with Crippen LogP contribution in [0.3, 0.4) is 0 Å². The van der Waals surface area contributed by atoms with Crippen LogP contribution in [0, 0.1) is 5.82 Å². The zero-order valence-corrected chi connectivity index (χ0v) is 19.2. The number of fused-ring (bicyclic) bond motifs is 1. The second-order valence-electron chi connectivity index (χ2n) is 7.48. The molecule has 1 aromatic carbocycles. The van der Waals surface area contributed by atoms with Crippen molar-refractivity contribution in [2.24, 2.45) is 0 Å². The number of benzene rings is 1. The molecule has 4 rings (SSSR count). The molecule has 0 aliphatic heterocycles. The number of aromatic nitrogens is 3. The van der Waals surface area contributed by atoms with E-state index in [1.54, 1.807) is 0 Å². The van der Waals surface area contributed by atoms with Crippen molar-refractivity contribution in [1.82, 2.24) is 14.5 Å². The Balaban J connectivity index is 0.000000261. The van der Waals surface area contributed by atoms with Crippen molar-refractivity contribution < 1.29 is 4.39 Å². The van der Waals surface area contributed by atoms with Gasteiger partial charge in [0.15, 0.2) is 11.6 Å². The second kappa shape index (κ2) is 10.9. The predicted octanol–water partition coefficient (Wildman–Crippen LogP) is 5.22. The lowest BCUT2D eigenvalue weighted by Gasteiger charge is -2.17. The van der Waals surface area contributed by atoms with E-state index < -0.39 is 5.82 Å². The Morgan fingerprint density at radius 2 is 1.90 bits per heavy atom. The molecule has 7 heteroatoms. The lowest BCUT2D eigenvalue weighted by Crippen LogP contribution is -2.23. The largest absolute Gasteiger partial charge is 0.381 e. The molecule has 1 aliphatic carbocycles. The monoisotopic (exact) mass is 427 g/mol. The van der Waals surface area contributed by atoms with E-state index >= 15 is 0 Å². The summed E-state index contributed by atoms with van der Waals surface area (Å²) in [4.78, 5) is 19.7. The number of nitrogen functional groups attached to an aromatic ring is 2. The molecule has 1 saturated carbocycles. The van der Waals surface area contributed by atoms with Crippen LogP contribution in [0.25, 0.3) is 10.8 Å². The molecule has 2 aromatic heterocycles. The van der Waals surface area contributed by atoms with Gasteiger partial charge in [-0.05, 0) is 48.6 Å². The molecule has 6 nitrogen and oxygen atoms in total. The number of hydrogen-bond donors (Lipinski definition) is 2.